The first kappa shape index (κ1) is 20.6. The third kappa shape index (κ3) is 4.27. The third-order valence-corrected chi connectivity index (χ3v) is 7.08. The van der Waals surface area contributed by atoms with Crippen LogP contribution in [0.15, 0.2) is 77.0 Å². The van der Waals surface area contributed by atoms with Gasteiger partial charge in [-0.2, -0.15) is 0 Å². The molecule has 0 unspecified atom stereocenters. The van der Waals surface area contributed by atoms with Crippen molar-refractivity contribution in [2.45, 2.75) is 31.9 Å². The molecule has 1 aliphatic rings. The standard InChI is InChI=1S/C25H23NO2S2/c1-2-3-8-18-12-14-20(15-13-18)26-24(27)22(21-11-7-16-29-21)23(25(26)28)30-17-19-9-5-4-6-10-19/h4-7,9-16H,2-3,8,17H2,1H3. The number of amides is 2. The van der Waals surface area contributed by atoms with Gasteiger partial charge in [-0.3, -0.25) is 9.59 Å². The Morgan fingerprint density at radius 3 is 2.30 bits per heavy atom. The van der Waals surface area contributed by atoms with Crippen LogP contribution in [0.3, 0.4) is 0 Å². The largest absolute Gasteiger partial charge is 0.272 e. The lowest BCUT2D eigenvalue weighted by atomic mass is 10.1. The molecule has 0 radical (unpaired) electrons. The Balaban J connectivity index is 1.62. The predicted octanol–water partition coefficient (Wildman–Crippen LogP) is 6.31. The van der Waals surface area contributed by atoms with Crippen LogP contribution in [0.2, 0.25) is 0 Å². The summed E-state index contributed by atoms with van der Waals surface area (Å²) >= 11 is 2.93. The van der Waals surface area contributed by atoms with E-state index in [1.165, 1.54) is 33.6 Å². The molecule has 0 saturated heterocycles. The van der Waals surface area contributed by atoms with E-state index in [1.807, 2.05) is 72.1 Å². The molecule has 2 heterocycles. The van der Waals surface area contributed by atoms with E-state index in [4.69, 9.17) is 0 Å². The zero-order valence-electron chi connectivity index (χ0n) is 16.8. The average molecular weight is 434 g/mol. The Labute approximate surface area is 185 Å². The second-order valence-electron chi connectivity index (χ2n) is 7.17. The molecule has 0 aliphatic carbocycles. The van der Waals surface area contributed by atoms with Crippen LogP contribution in [0.25, 0.3) is 5.57 Å². The van der Waals surface area contributed by atoms with Crippen molar-refractivity contribution in [2.24, 2.45) is 0 Å². The molecule has 3 aromatic rings. The van der Waals surface area contributed by atoms with E-state index in [1.54, 1.807) is 0 Å². The van der Waals surface area contributed by atoms with Gasteiger partial charge in [0, 0.05) is 10.6 Å². The van der Waals surface area contributed by atoms with Gasteiger partial charge >= 0.3 is 0 Å². The second-order valence-corrected chi connectivity index (χ2v) is 9.10. The van der Waals surface area contributed by atoms with Gasteiger partial charge in [0.1, 0.15) is 0 Å². The van der Waals surface area contributed by atoms with Crippen molar-refractivity contribution in [3.8, 4) is 0 Å². The van der Waals surface area contributed by atoms with Crippen LogP contribution >= 0.6 is 23.1 Å². The van der Waals surface area contributed by atoms with E-state index in [0.29, 0.717) is 21.9 Å². The Hall–Kier alpha value is -2.63. The fourth-order valence-electron chi connectivity index (χ4n) is 3.44. The number of thiophene rings is 1. The lowest BCUT2D eigenvalue weighted by molar-refractivity contribution is -0.119. The highest BCUT2D eigenvalue weighted by molar-refractivity contribution is 8.03. The Kier molecular flexibility index (Phi) is 6.50. The molecule has 0 N–H and O–H groups in total. The van der Waals surface area contributed by atoms with Crippen molar-refractivity contribution in [1.82, 2.24) is 0 Å². The SMILES string of the molecule is CCCCc1ccc(N2C(=O)C(SCc3ccccc3)=C(c3cccs3)C2=O)cc1. The molecule has 30 heavy (non-hydrogen) atoms. The van der Waals surface area contributed by atoms with E-state index in [2.05, 4.69) is 6.92 Å². The lowest BCUT2D eigenvalue weighted by Crippen LogP contribution is -2.31. The van der Waals surface area contributed by atoms with Crippen LogP contribution in [0.4, 0.5) is 5.69 Å². The van der Waals surface area contributed by atoms with Crippen LogP contribution in [0.1, 0.15) is 35.8 Å². The van der Waals surface area contributed by atoms with Crippen molar-refractivity contribution in [2.75, 3.05) is 4.90 Å². The smallest absolute Gasteiger partial charge is 0.268 e. The minimum Gasteiger partial charge on any atom is -0.268 e. The molecule has 0 saturated carbocycles. The van der Waals surface area contributed by atoms with E-state index >= 15 is 0 Å². The van der Waals surface area contributed by atoms with E-state index < -0.39 is 0 Å². The zero-order chi connectivity index (χ0) is 20.9. The number of imide groups is 1. The summed E-state index contributed by atoms with van der Waals surface area (Å²) in [6.07, 6.45) is 3.28. The Morgan fingerprint density at radius 2 is 1.63 bits per heavy atom. The number of thioether (sulfide) groups is 1. The maximum absolute atomic E-state index is 13.3. The first-order chi connectivity index (χ1) is 14.7. The van der Waals surface area contributed by atoms with E-state index in [9.17, 15) is 9.59 Å². The third-order valence-electron chi connectivity index (χ3n) is 5.05. The number of carbonyl (C=O) groups is 2. The summed E-state index contributed by atoms with van der Waals surface area (Å²) in [5.74, 6) is 0.179. The summed E-state index contributed by atoms with van der Waals surface area (Å²) in [6.45, 7) is 2.17. The molecule has 2 aromatic carbocycles. The highest BCUT2D eigenvalue weighted by atomic mass is 32.2. The molecule has 5 heteroatoms. The van der Waals surface area contributed by atoms with Crippen molar-refractivity contribution in [3.05, 3.63) is 93.0 Å². The van der Waals surface area contributed by atoms with Crippen molar-refractivity contribution in [3.63, 3.8) is 0 Å². The van der Waals surface area contributed by atoms with Crippen molar-refractivity contribution >= 4 is 46.2 Å². The van der Waals surface area contributed by atoms with Gasteiger partial charge < -0.3 is 0 Å². The minimum absolute atomic E-state index is 0.231. The molecule has 4 rings (SSSR count). The Morgan fingerprint density at radius 1 is 0.867 bits per heavy atom. The number of unbranched alkanes of at least 4 members (excludes halogenated alkanes) is 1. The van der Waals surface area contributed by atoms with Crippen molar-refractivity contribution in [1.29, 1.82) is 0 Å². The first-order valence-corrected chi connectivity index (χ1v) is 12.0. The number of aryl methyl sites for hydroxylation is 1. The van der Waals surface area contributed by atoms with Gasteiger partial charge in [-0.05, 0) is 47.5 Å². The highest BCUT2D eigenvalue weighted by Crippen LogP contribution is 2.40. The van der Waals surface area contributed by atoms with Crippen LogP contribution in [0, 0.1) is 0 Å². The van der Waals surface area contributed by atoms with Gasteiger partial charge in [-0.15, -0.1) is 23.1 Å². The number of benzene rings is 2. The van der Waals surface area contributed by atoms with Gasteiger partial charge in [0.15, 0.2) is 0 Å². The molecular weight excluding hydrogens is 410 g/mol. The number of rotatable bonds is 8. The van der Waals surface area contributed by atoms with Gasteiger partial charge in [0.05, 0.1) is 16.2 Å². The van der Waals surface area contributed by atoms with Gasteiger partial charge in [0.2, 0.25) is 0 Å². The molecule has 152 valence electrons. The zero-order valence-corrected chi connectivity index (χ0v) is 18.5. The monoisotopic (exact) mass is 433 g/mol. The summed E-state index contributed by atoms with van der Waals surface area (Å²) in [6, 6.07) is 21.6. The van der Waals surface area contributed by atoms with Crippen LogP contribution in [-0.4, -0.2) is 11.8 Å². The molecule has 1 aromatic heterocycles. The van der Waals surface area contributed by atoms with Crippen molar-refractivity contribution < 1.29 is 9.59 Å². The summed E-state index contributed by atoms with van der Waals surface area (Å²) in [5.41, 5.74) is 3.50. The van der Waals surface area contributed by atoms with Gasteiger partial charge in [-0.1, -0.05) is 61.9 Å². The molecule has 0 fully saturated rings. The Bertz CT molecular complexity index is 1050. The number of hydrogen-bond acceptors (Lipinski definition) is 4. The maximum atomic E-state index is 13.3. The number of nitrogens with zero attached hydrogens (tertiary/aromatic N) is 1. The fourth-order valence-corrected chi connectivity index (χ4v) is 5.33. The molecule has 0 atom stereocenters. The maximum Gasteiger partial charge on any atom is 0.272 e. The highest BCUT2D eigenvalue weighted by Gasteiger charge is 2.40. The van der Waals surface area contributed by atoms with Crippen LogP contribution < -0.4 is 4.90 Å². The van der Waals surface area contributed by atoms with Crippen LogP contribution in [-0.2, 0) is 21.8 Å². The topological polar surface area (TPSA) is 37.4 Å². The molecule has 3 nitrogen and oxygen atoms in total. The van der Waals surface area contributed by atoms with Gasteiger partial charge in [0.25, 0.3) is 11.8 Å². The molecule has 0 bridgehead atoms. The van der Waals surface area contributed by atoms with E-state index in [-0.39, 0.29) is 11.8 Å². The second kappa shape index (κ2) is 9.45. The quantitative estimate of drug-likeness (QED) is 0.391. The number of hydrogen-bond donors (Lipinski definition) is 0. The van der Waals surface area contributed by atoms with Gasteiger partial charge in [-0.25, -0.2) is 4.90 Å². The summed E-state index contributed by atoms with van der Waals surface area (Å²) in [5, 5.41) is 1.94. The normalized spacial score (nSPS) is 14.1. The summed E-state index contributed by atoms with van der Waals surface area (Å²) < 4.78 is 0. The summed E-state index contributed by atoms with van der Waals surface area (Å²) in [4.78, 5) is 29.4. The first-order valence-electron chi connectivity index (χ1n) is 10.1. The molecule has 2 amide bonds. The lowest BCUT2D eigenvalue weighted by Gasteiger charge is -2.15. The molecular formula is C25H23NO2S2. The van der Waals surface area contributed by atoms with E-state index in [0.717, 1.165) is 29.7 Å². The minimum atomic E-state index is -0.237. The molecule has 1 aliphatic heterocycles. The predicted molar refractivity (Wildman–Crippen MR) is 127 cm³/mol. The fraction of sp³-hybridized carbons (Fsp3) is 0.200. The summed E-state index contributed by atoms with van der Waals surface area (Å²) in [7, 11) is 0. The number of anilines is 1. The average Bonchev–Trinajstić information content (AvgIpc) is 3.38. The van der Waals surface area contributed by atoms with Crippen LogP contribution in [0.5, 0.6) is 0 Å². The number of carbonyl (C=O) groups excluding carboxylic acids is 2. The molecule has 0 spiro atoms.